The van der Waals surface area contributed by atoms with Crippen LogP contribution in [0.15, 0.2) is 24.3 Å². The first-order chi connectivity index (χ1) is 9.55. The number of fused-ring (bicyclic) bond motifs is 5. The van der Waals surface area contributed by atoms with E-state index in [-0.39, 0.29) is 0 Å². The minimum Gasteiger partial charge on any atom is -0.327 e. The van der Waals surface area contributed by atoms with E-state index in [1.54, 1.807) is 0 Å². The molecule has 1 unspecified atom stereocenters. The van der Waals surface area contributed by atoms with Crippen LogP contribution in [0, 0.1) is 34.5 Å². The van der Waals surface area contributed by atoms with E-state index in [4.69, 9.17) is 5.73 Å². The van der Waals surface area contributed by atoms with Crippen LogP contribution in [-0.2, 0) is 0 Å². The third kappa shape index (κ3) is 1.59. The second kappa shape index (κ2) is 4.22. The maximum Gasteiger partial charge on any atom is 0.00789 e. The van der Waals surface area contributed by atoms with Crippen molar-refractivity contribution in [2.24, 2.45) is 40.2 Å². The standard InChI is InChI=1S/C19H29N/c1-18-9-5-7-14(18)17-15(8-11-18)19(2)10-4-3-6-13(19)12-16(17)20/h3-4,6,10,13-17H,5,7-9,11-12,20H2,1-2H3/t13?,14-,15-,16+,17-,18-,19-/m0/s1. The largest absolute Gasteiger partial charge is 0.327 e. The van der Waals surface area contributed by atoms with Crippen molar-refractivity contribution in [3.8, 4) is 0 Å². The van der Waals surface area contributed by atoms with Gasteiger partial charge >= 0.3 is 0 Å². The summed E-state index contributed by atoms with van der Waals surface area (Å²) in [5.74, 6) is 3.16. The molecule has 0 aromatic rings. The summed E-state index contributed by atoms with van der Waals surface area (Å²) in [5, 5.41) is 0. The Labute approximate surface area is 123 Å². The number of rotatable bonds is 0. The molecule has 0 bridgehead atoms. The van der Waals surface area contributed by atoms with E-state index in [2.05, 4.69) is 38.2 Å². The zero-order chi connectivity index (χ0) is 14.0. The Morgan fingerprint density at radius 3 is 2.75 bits per heavy atom. The van der Waals surface area contributed by atoms with Gasteiger partial charge in [0, 0.05) is 6.04 Å². The van der Waals surface area contributed by atoms with Crippen LogP contribution < -0.4 is 5.73 Å². The first kappa shape index (κ1) is 13.1. The van der Waals surface area contributed by atoms with Crippen molar-refractivity contribution in [2.45, 2.75) is 58.4 Å². The number of hydrogen-bond acceptors (Lipinski definition) is 1. The second-order valence-electron chi connectivity index (χ2n) is 8.49. The minimum absolute atomic E-state index is 0.374. The van der Waals surface area contributed by atoms with Gasteiger partial charge in [0.25, 0.3) is 0 Å². The van der Waals surface area contributed by atoms with E-state index in [0.29, 0.717) is 22.8 Å². The minimum atomic E-state index is 0.374. The SMILES string of the molecule is C[C@@]12CCC[C@H]1[C@@H]1[C@H](N)CC3C=CC=C[C@]3(C)[C@H]1CC2. The smallest absolute Gasteiger partial charge is 0.00789 e. The Bertz CT molecular complexity index is 464. The highest BCUT2D eigenvalue weighted by Gasteiger charge is 2.58. The lowest BCUT2D eigenvalue weighted by Crippen LogP contribution is -2.58. The van der Waals surface area contributed by atoms with Crippen molar-refractivity contribution in [1.29, 1.82) is 0 Å². The molecule has 0 aromatic heterocycles. The van der Waals surface area contributed by atoms with E-state index in [1.165, 1.54) is 38.5 Å². The Balaban J connectivity index is 1.73. The van der Waals surface area contributed by atoms with Crippen molar-refractivity contribution in [3.63, 3.8) is 0 Å². The number of hydrogen-bond donors (Lipinski definition) is 1. The molecule has 0 saturated heterocycles. The summed E-state index contributed by atoms with van der Waals surface area (Å²) in [7, 11) is 0. The van der Waals surface area contributed by atoms with Gasteiger partial charge in [0.05, 0.1) is 0 Å². The predicted octanol–water partition coefficient (Wildman–Crippen LogP) is 4.30. The Morgan fingerprint density at radius 1 is 1.05 bits per heavy atom. The first-order valence-electron chi connectivity index (χ1n) is 8.66. The van der Waals surface area contributed by atoms with Gasteiger partial charge in [-0.15, -0.1) is 0 Å². The Kier molecular flexibility index (Phi) is 2.77. The van der Waals surface area contributed by atoms with E-state index in [1.807, 2.05) is 0 Å². The van der Waals surface area contributed by atoms with Crippen LogP contribution in [-0.4, -0.2) is 6.04 Å². The lowest BCUT2D eigenvalue weighted by molar-refractivity contribution is -0.0649. The highest BCUT2D eigenvalue weighted by molar-refractivity contribution is 5.24. The van der Waals surface area contributed by atoms with E-state index >= 15 is 0 Å². The first-order valence-corrected chi connectivity index (χ1v) is 8.66. The highest BCUT2D eigenvalue weighted by atomic mass is 14.7. The summed E-state index contributed by atoms with van der Waals surface area (Å²) in [6.45, 7) is 5.07. The molecule has 0 spiro atoms. The van der Waals surface area contributed by atoms with Crippen LogP contribution in [0.1, 0.15) is 52.4 Å². The summed E-state index contributed by atoms with van der Waals surface area (Å²) in [4.78, 5) is 0. The van der Waals surface area contributed by atoms with Crippen molar-refractivity contribution < 1.29 is 0 Å². The van der Waals surface area contributed by atoms with Gasteiger partial charge in [0.1, 0.15) is 0 Å². The molecule has 4 aliphatic carbocycles. The third-order valence-electron chi connectivity index (χ3n) is 7.64. The molecule has 0 radical (unpaired) electrons. The van der Waals surface area contributed by atoms with E-state index in [0.717, 1.165) is 17.8 Å². The molecule has 0 amide bonds. The maximum absolute atomic E-state index is 6.71. The maximum atomic E-state index is 6.71. The molecule has 3 saturated carbocycles. The molecule has 3 fully saturated rings. The fourth-order valence-electron chi connectivity index (χ4n) is 6.48. The van der Waals surface area contributed by atoms with Crippen molar-refractivity contribution in [1.82, 2.24) is 0 Å². The molecule has 2 N–H and O–H groups in total. The third-order valence-corrected chi connectivity index (χ3v) is 7.64. The van der Waals surface area contributed by atoms with Crippen molar-refractivity contribution >= 4 is 0 Å². The fraction of sp³-hybridized carbons (Fsp3) is 0.789. The summed E-state index contributed by atoms with van der Waals surface area (Å²) in [5.41, 5.74) is 7.69. The predicted molar refractivity (Wildman–Crippen MR) is 84.1 cm³/mol. The molecule has 0 heterocycles. The van der Waals surface area contributed by atoms with Gasteiger partial charge < -0.3 is 5.73 Å². The van der Waals surface area contributed by atoms with Crippen LogP contribution in [0.2, 0.25) is 0 Å². The molecule has 4 rings (SSSR count). The molecule has 110 valence electrons. The molecule has 0 aromatic carbocycles. The summed E-state index contributed by atoms with van der Waals surface area (Å²) >= 11 is 0. The van der Waals surface area contributed by atoms with Gasteiger partial charge in [0.2, 0.25) is 0 Å². The normalized spacial score (nSPS) is 57.0. The van der Waals surface area contributed by atoms with Gasteiger partial charge in [-0.3, -0.25) is 0 Å². The highest BCUT2D eigenvalue weighted by Crippen LogP contribution is 2.64. The Hall–Kier alpha value is -0.560. The van der Waals surface area contributed by atoms with Crippen molar-refractivity contribution in [2.75, 3.05) is 0 Å². The van der Waals surface area contributed by atoms with Gasteiger partial charge in [-0.05, 0) is 66.6 Å². The van der Waals surface area contributed by atoms with Gasteiger partial charge in [-0.25, -0.2) is 0 Å². The zero-order valence-corrected chi connectivity index (χ0v) is 13.0. The van der Waals surface area contributed by atoms with Gasteiger partial charge in [0.15, 0.2) is 0 Å². The van der Waals surface area contributed by atoms with Gasteiger partial charge in [-0.1, -0.05) is 44.6 Å². The average Bonchev–Trinajstić information content (AvgIpc) is 2.81. The summed E-state index contributed by atoms with van der Waals surface area (Å²) in [6.07, 6.45) is 17.8. The van der Waals surface area contributed by atoms with E-state index < -0.39 is 0 Å². The quantitative estimate of drug-likeness (QED) is 0.698. The summed E-state index contributed by atoms with van der Waals surface area (Å²) < 4.78 is 0. The molecule has 7 atom stereocenters. The lowest BCUT2D eigenvalue weighted by atomic mass is 9.46. The van der Waals surface area contributed by atoms with Gasteiger partial charge in [-0.2, -0.15) is 0 Å². The van der Waals surface area contributed by atoms with Crippen LogP contribution >= 0.6 is 0 Å². The van der Waals surface area contributed by atoms with Crippen LogP contribution in [0.3, 0.4) is 0 Å². The molecule has 20 heavy (non-hydrogen) atoms. The topological polar surface area (TPSA) is 26.0 Å². The average molecular weight is 271 g/mol. The molecule has 4 aliphatic rings. The van der Waals surface area contributed by atoms with Crippen molar-refractivity contribution in [3.05, 3.63) is 24.3 Å². The fourth-order valence-corrected chi connectivity index (χ4v) is 6.48. The monoisotopic (exact) mass is 271 g/mol. The molecule has 1 heteroatoms. The molecule has 1 nitrogen and oxygen atoms in total. The number of nitrogens with two attached hydrogens (primary N) is 1. The Morgan fingerprint density at radius 2 is 1.90 bits per heavy atom. The zero-order valence-electron chi connectivity index (χ0n) is 13.0. The second-order valence-corrected chi connectivity index (χ2v) is 8.49. The van der Waals surface area contributed by atoms with Crippen LogP contribution in [0.4, 0.5) is 0 Å². The summed E-state index contributed by atoms with van der Waals surface area (Å²) in [6, 6.07) is 0.428. The molecular formula is C19H29N. The molecular weight excluding hydrogens is 242 g/mol. The molecule has 0 aliphatic heterocycles. The van der Waals surface area contributed by atoms with E-state index in [9.17, 15) is 0 Å². The van der Waals surface area contributed by atoms with Crippen LogP contribution in [0.25, 0.3) is 0 Å². The number of allylic oxidation sites excluding steroid dienone is 4. The van der Waals surface area contributed by atoms with Crippen LogP contribution in [0.5, 0.6) is 0 Å². The lowest BCUT2D eigenvalue weighted by Gasteiger charge is -2.59.